The summed E-state index contributed by atoms with van der Waals surface area (Å²) in [5, 5.41) is 0. The van der Waals surface area contributed by atoms with Crippen LogP contribution in [0.25, 0.3) is 0 Å². The van der Waals surface area contributed by atoms with Gasteiger partial charge in [0, 0.05) is 12.1 Å². The Morgan fingerprint density at radius 1 is 1.26 bits per heavy atom. The summed E-state index contributed by atoms with van der Waals surface area (Å²) in [6.07, 6.45) is 6.28. The minimum absolute atomic E-state index is 0.0306. The lowest BCUT2D eigenvalue weighted by Gasteiger charge is -2.28. The Hall–Kier alpha value is -1.15. The van der Waals surface area contributed by atoms with E-state index >= 15 is 0 Å². The smallest absolute Gasteiger partial charge is 0.179 e. The van der Waals surface area contributed by atoms with Crippen LogP contribution in [0.2, 0.25) is 0 Å². The first-order valence-corrected chi connectivity index (χ1v) is 7.52. The van der Waals surface area contributed by atoms with Crippen molar-refractivity contribution in [2.75, 3.05) is 13.6 Å². The Bertz CT molecular complexity index is 395. The average Bonchev–Trinajstić information content (AvgIpc) is 2.93. The van der Waals surface area contributed by atoms with Crippen LogP contribution in [0.3, 0.4) is 0 Å². The number of ketones is 1. The van der Waals surface area contributed by atoms with Gasteiger partial charge in [0.2, 0.25) is 0 Å². The van der Waals surface area contributed by atoms with Gasteiger partial charge in [-0.1, -0.05) is 50.1 Å². The van der Waals surface area contributed by atoms with Gasteiger partial charge in [0.15, 0.2) is 5.78 Å². The summed E-state index contributed by atoms with van der Waals surface area (Å²) in [5.74, 6) is 1.06. The molecule has 0 radical (unpaired) electrons. The van der Waals surface area contributed by atoms with Gasteiger partial charge in [-0.3, -0.25) is 9.69 Å². The summed E-state index contributed by atoms with van der Waals surface area (Å²) >= 11 is 0. The first-order chi connectivity index (χ1) is 9.22. The normalized spacial score (nSPS) is 17.8. The van der Waals surface area contributed by atoms with Crippen molar-refractivity contribution >= 4 is 5.78 Å². The monoisotopic (exact) mass is 259 g/mol. The summed E-state index contributed by atoms with van der Waals surface area (Å²) in [6, 6.07) is 9.72. The third-order valence-electron chi connectivity index (χ3n) is 4.30. The molecule has 1 aromatic carbocycles. The molecule has 2 rings (SSSR count). The van der Waals surface area contributed by atoms with Crippen molar-refractivity contribution in [2.45, 2.75) is 45.1 Å². The van der Waals surface area contributed by atoms with E-state index < -0.39 is 0 Å². The van der Waals surface area contributed by atoms with Gasteiger partial charge in [-0.25, -0.2) is 0 Å². The number of carbonyl (C=O) groups is 1. The maximum atomic E-state index is 12.5. The zero-order valence-corrected chi connectivity index (χ0v) is 12.1. The molecule has 1 saturated carbocycles. The van der Waals surface area contributed by atoms with E-state index in [1.807, 2.05) is 30.3 Å². The molecule has 0 aromatic heterocycles. The lowest BCUT2D eigenvalue weighted by Crippen LogP contribution is -2.40. The van der Waals surface area contributed by atoms with E-state index in [0.717, 1.165) is 24.4 Å². The van der Waals surface area contributed by atoms with Crippen LogP contribution in [0.1, 0.15) is 49.4 Å². The standard InChI is InChI=1S/C17H25NO/c1-3-16(17(19)15-11-5-4-6-12-15)18(2)13-14-9-7-8-10-14/h4-6,11-12,14,16H,3,7-10,13H2,1-2H3. The van der Waals surface area contributed by atoms with Crippen LogP contribution < -0.4 is 0 Å². The summed E-state index contributed by atoms with van der Waals surface area (Å²) in [6.45, 7) is 3.17. The summed E-state index contributed by atoms with van der Waals surface area (Å²) in [4.78, 5) is 14.8. The maximum absolute atomic E-state index is 12.5. The van der Waals surface area contributed by atoms with Crippen molar-refractivity contribution in [3.8, 4) is 0 Å². The topological polar surface area (TPSA) is 20.3 Å². The highest BCUT2D eigenvalue weighted by molar-refractivity contribution is 6.00. The Morgan fingerprint density at radius 2 is 1.89 bits per heavy atom. The van der Waals surface area contributed by atoms with Gasteiger partial charge in [0.05, 0.1) is 6.04 Å². The molecule has 2 heteroatoms. The fourth-order valence-electron chi connectivity index (χ4n) is 3.22. The number of hydrogen-bond acceptors (Lipinski definition) is 2. The molecule has 0 spiro atoms. The summed E-state index contributed by atoms with van der Waals surface area (Å²) < 4.78 is 0. The second-order valence-corrected chi connectivity index (χ2v) is 5.74. The highest BCUT2D eigenvalue weighted by atomic mass is 16.1. The first-order valence-electron chi connectivity index (χ1n) is 7.52. The summed E-state index contributed by atoms with van der Waals surface area (Å²) in [5.41, 5.74) is 0.840. The molecule has 0 amide bonds. The number of benzene rings is 1. The number of nitrogens with zero attached hydrogens (tertiary/aromatic N) is 1. The predicted molar refractivity (Wildman–Crippen MR) is 79.4 cm³/mol. The van der Waals surface area contributed by atoms with Crippen molar-refractivity contribution in [1.29, 1.82) is 0 Å². The van der Waals surface area contributed by atoms with Gasteiger partial charge in [0.25, 0.3) is 0 Å². The quantitative estimate of drug-likeness (QED) is 0.725. The molecule has 0 bridgehead atoms. The molecule has 0 N–H and O–H groups in total. The Labute approximate surface area is 116 Å². The van der Waals surface area contributed by atoms with Gasteiger partial charge >= 0.3 is 0 Å². The fraction of sp³-hybridized carbons (Fsp3) is 0.588. The highest BCUT2D eigenvalue weighted by Gasteiger charge is 2.25. The maximum Gasteiger partial charge on any atom is 0.179 e. The van der Waals surface area contributed by atoms with Gasteiger partial charge in [0.1, 0.15) is 0 Å². The third kappa shape index (κ3) is 3.66. The lowest BCUT2D eigenvalue weighted by molar-refractivity contribution is 0.0828. The highest BCUT2D eigenvalue weighted by Crippen LogP contribution is 2.26. The Morgan fingerprint density at radius 3 is 2.47 bits per heavy atom. The largest absolute Gasteiger partial charge is 0.296 e. The van der Waals surface area contributed by atoms with Gasteiger partial charge in [-0.15, -0.1) is 0 Å². The van der Waals surface area contributed by atoms with Gasteiger partial charge in [-0.2, -0.15) is 0 Å². The molecule has 1 aliphatic carbocycles. The minimum Gasteiger partial charge on any atom is -0.296 e. The van der Waals surface area contributed by atoms with Gasteiger partial charge in [-0.05, 0) is 32.2 Å². The van der Waals surface area contributed by atoms with Crippen LogP contribution >= 0.6 is 0 Å². The van der Waals surface area contributed by atoms with Crippen molar-refractivity contribution in [3.05, 3.63) is 35.9 Å². The number of carbonyl (C=O) groups excluding carboxylic acids is 1. The summed E-state index contributed by atoms with van der Waals surface area (Å²) in [7, 11) is 2.10. The minimum atomic E-state index is 0.0306. The van der Waals surface area contributed by atoms with E-state index in [1.165, 1.54) is 25.7 Å². The van der Waals surface area contributed by atoms with Crippen molar-refractivity contribution in [2.24, 2.45) is 5.92 Å². The molecular formula is C17H25NO. The zero-order valence-electron chi connectivity index (χ0n) is 12.1. The van der Waals surface area contributed by atoms with Crippen molar-refractivity contribution in [1.82, 2.24) is 4.90 Å². The van der Waals surface area contributed by atoms with E-state index in [9.17, 15) is 4.79 Å². The fourth-order valence-corrected chi connectivity index (χ4v) is 3.22. The molecule has 1 unspecified atom stereocenters. The van der Waals surface area contributed by atoms with E-state index in [0.29, 0.717) is 0 Å². The van der Waals surface area contributed by atoms with Crippen molar-refractivity contribution < 1.29 is 4.79 Å². The Kier molecular flexibility index (Phi) is 5.15. The van der Waals surface area contributed by atoms with E-state index in [4.69, 9.17) is 0 Å². The van der Waals surface area contributed by atoms with E-state index in [1.54, 1.807) is 0 Å². The molecule has 1 aliphatic rings. The number of rotatable bonds is 6. The lowest BCUT2D eigenvalue weighted by atomic mass is 9.99. The molecule has 0 aliphatic heterocycles. The molecule has 19 heavy (non-hydrogen) atoms. The second-order valence-electron chi connectivity index (χ2n) is 5.74. The van der Waals surface area contributed by atoms with E-state index in [-0.39, 0.29) is 11.8 Å². The van der Waals surface area contributed by atoms with Crippen LogP contribution in [0.5, 0.6) is 0 Å². The molecule has 2 nitrogen and oxygen atoms in total. The van der Waals surface area contributed by atoms with Gasteiger partial charge < -0.3 is 0 Å². The van der Waals surface area contributed by atoms with E-state index in [2.05, 4.69) is 18.9 Å². The number of hydrogen-bond donors (Lipinski definition) is 0. The molecule has 0 heterocycles. The SMILES string of the molecule is CCC(C(=O)c1ccccc1)N(C)CC1CCCC1. The van der Waals surface area contributed by atoms with Crippen LogP contribution in [0.4, 0.5) is 0 Å². The molecular weight excluding hydrogens is 234 g/mol. The molecule has 104 valence electrons. The number of likely N-dealkylation sites (N-methyl/N-ethyl adjacent to an activating group) is 1. The zero-order chi connectivity index (χ0) is 13.7. The van der Waals surface area contributed by atoms with Crippen LogP contribution in [0.15, 0.2) is 30.3 Å². The molecule has 1 aromatic rings. The predicted octanol–water partition coefficient (Wildman–Crippen LogP) is 3.77. The van der Waals surface area contributed by atoms with Crippen LogP contribution in [-0.4, -0.2) is 30.3 Å². The molecule has 1 atom stereocenters. The Balaban J connectivity index is 2.00. The van der Waals surface area contributed by atoms with Crippen LogP contribution in [-0.2, 0) is 0 Å². The first kappa shape index (κ1) is 14.3. The molecule has 1 fully saturated rings. The van der Waals surface area contributed by atoms with Crippen molar-refractivity contribution in [3.63, 3.8) is 0 Å². The molecule has 0 saturated heterocycles. The third-order valence-corrected chi connectivity index (χ3v) is 4.30. The second kappa shape index (κ2) is 6.85. The number of Topliss-reactive ketones (excluding diaryl/α,β-unsaturated/α-hetero) is 1. The average molecular weight is 259 g/mol. The van der Waals surface area contributed by atoms with Crippen LogP contribution in [0, 0.1) is 5.92 Å².